The third kappa shape index (κ3) is 1.15. The smallest absolute Gasteiger partial charge is 0.340 e. The van der Waals surface area contributed by atoms with Crippen LogP contribution in [0.3, 0.4) is 0 Å². The second-order valence-corrected chi connectivity index (χ2v) is 2.78. The van der Waals surface area contributed by atoms with Gasteiger partial charge in [0.2, 0.25) is 0 Å². The zero-order chi connectivity index (χ0) is 10.1. The van der Waals surface area contributed by atoms with Crippen LogP contribution in [-0.4, -0.2) is 21.3 Å². The number of fused-ring (bicyclic) bond motifs is 1. The van der Waals surface area contributed by atoms with E-state index in [2.05, 4.69) is 10.2 Å². The highest BCUT2D eigenvalue weighted by Gasteiger charge is 2.13. The summed E-state index contributed by atoms with van der Waals surface area (Å²) < 4.78 is 0. The second-order valence-electron chi connectivity index (χ2n) is 2.78. The Morgan fingerprint density at radius 3 is 2.71 bits per heavy atom. The van der Waals surface area contributed by atoms with Gasteiger partial charge in [-0.3, -0.25) is 0 Å². The molecule has 1 aromatic carbocycles. The average molecular weight is 189 g/mol. The first-order valence-electron chi connectivity index (χ1n) is 3.94. The fraction of sp³-hybridized carbons (Fsp3) is 0. The number of hydrogen-bond donors (Lipinski definition) is 2. The molecular formula is C9H7N3O2. The molecule has 70 valence electrons. The molecule has 5 heteroatoms. The number of benzene rings is 1. The Morgan fingerprint density at radius 2 is 2.00 bits per heavy atom. The van der Waals surface area contributed by atoms with Crippen molar-refractivity contribution in [3.05, 3.63) is 29.8 Å². The largest absolute Gasteiger partial charge is 0.478 e. The molecule has 2 rings (SSSR count). The normalized spacial score (nSPS) is 10.3. The highest BCUT2D eigenvalue weighted by Crippen LogP contribution is 2.19. The van der Waals surface area contributed by atoms with Crippen LogP contribution in [0.5, 0.6) is 0 Å². The molecule has 0 amide bonds. The van der Waals surface area contributed by atoms with E-state index in [1.165, 1.54) is 0 Å². The van der Waals surface area contributed by atoms with Crippen LogP contribution >= 0.6 is 0 Å². The Bertz CT molecular complexity index is 510. The van der Waals surface area contributed by atoms with Gasteiger partial charge in [-0.25, -0.2) is 4.79 Å². The predicted octanol–water partition coefficient (Wildman–Crippen LogP) is 0.910. The summed E-state index contributed by atoms with van der Waals surface area (Å²) in [6, 6.07) is 6.84. The molecule has 0 aliphatic heterocycles. The molecule has 0 unspecified atom stereocenters. The number of nitrogens with zero attached hydrogens (tertiary/aromatic N) is 2. The molecular weight excluding hydrogens is 182 g/mol. The average Bonchev–Trinajstić information content (AvgIpc) is 2.17. The number of nitrogen functional groups attached to an aromatic ring is 1. The van der Waals surface area contributed by atoms with E-state index >= 15 is 0 Å². The molecule has 5 nitrogen and oxygen atoms in total. The molecule has 0 atom stereocenters. The van der Waals surface area contributed by atoms with Crippen LogP contribution in [0.1, 0.15) is 10.4 Å². The van der Waals surface area contributed by atoms with Crippen molar-refractivity contribution in [2.24, 2.45) is 0 Å². The quantitative estimate of drug-likeness (QED) is 0.695. The number of carboxylic acid groups (broad SMARTS) is 1. The molecule has 0 aliphatic carbocycles. The highest BCUT2D eigenvalue weighted by atomic mass is 16.4. The lowest BCUT2D eigenvalue weighted by Gasteiger charge is -2.02. The number of hydrogen-bond acceptors (Lipinski definition) is 4. The van der Waals surface area contributed by atoms with Gasteiger partial charge in [0.05, 0.1) is 5.52 Å². The van der Waals surface area contributed by atoms with E-state index < -0.39 is 5.97 Å². The molecule has 0 fully saturated rings. The Kier molecular flexibility index (Phi) is 1.78. The number of nitrogens with two attached hydrogens (primary N) is 1. The van der Waals surface area contributed by atoms with Crippen LogP contribution in [-0.2, 0) is 0 Å². The molecule has 3 N–H and O–H groups in total. The van der Waals surface area contributed by atoms with Gasteiger partial charge < -0.3 is 10.8 Å². The number of rotatable bonds is 1. The summed E-state index contributed by atoms with van der Waals surface area (Å²) in [7, 11) is 0. The number of anilines is 1. The lowest BCUT2D eigenvalue weighted by molar-refractivity contribution is 0.0699. The van der Waals surface area contributed by atoms with Crippen LogP contribution in [0.15, 0.2) is 24.3 Å². The van der Waals surface area contributed by atoms with Gasteiger partial charge in [0.15, 0.2) is 5.82 Å². The van der Waals surface area contributed by atoms with E-state index in [4.69, 9.17) is 10.8 Å². The minimum Gasteiger partial charge on any atom is -0.478 e. The third-order valence-corrected chi connectivity index (χ3v) is 1.91. The molecule has 0 bridgehead atoms. The zero-order valence-electron chi connectivity index (χ0n) is 7.14. The lowest BCUT2D eigenvalue weighted by atomic mass is 10.1. The molecule has 1 heterocycles. The Hall–Kier alpha value is -2.17. The summed E-state index contributed by atoms with van der Waals surface area (Å²) in [5, 5.41) is 16.8. The molecule has 0 radical (unpaired) electrons. The maximum Gasteiger partial charge on any atom is 0.340 e. The van der Waals surface area contributed by atoms with Crippen LogP contribution in [0.25, 0.3) is 10.9 Å². The molecule has 2 aromatic rings. The Labute approximate surface area is 79.2 Å². The van der Waals surface area contributed by atoms with Gasteiger partial charge in [0.1, 0.15) is 5.56 Å². The topological polar surface area (TPSA) is 89.1 Å². The van der Waals surface area contributed by atoms with Crippen LogP contribution in [0, 0.1) is 0 Å². The maximum atomic E-state index is 10.9. The SMILES string of the molecule is Nc1nnc2ccccc2c1C(=O)O. The number of carbonyl (C=O) groups is 1. The molecule has 0 spiro atoms. The van der Waals surface area contributed by atoms with Crippen LogP contribution in [0.4, 0.5) is 5.82 Å². The van der Waals surface area contributed by atoms with Crippen molar-refractivity contribution in [1.29, 1.82) is 0 Å². The van der Waals surface area contributed by atoms with Crippen molar-refractivity contribution in [3.8, 4) is 0 Å². The van der Waals surface area contributed by atoms with Gasteiger partial charge in [-0.1, -0.05) is 18.2 Å². The molecule has 0 aliphatic rings. The van der Waals surface area contributed by atoms with Crippen LogP contribution < -0.4 is 5.73 Å². The second kappa shape index (κ2) is 2.95. The van der Waals surface area contributed by atoms with Gasteiger partial charge in [0.25, 0.3) is 0 Å². The fourth-order valence-electron chi connectivity index (χ4n) is 1.29. The molecule has 14 heavy (non-hydrogen) atoms. The minimum absolute atomic E-state index is 0.00981. The van der Waals surface area contributed by atoms with Crippen molar-refractivity contribution in [3.63, 3.8) is 0 Å². The number of aromatic carboxylic acids is 1. The Balaban J connectivity index is 2.90. The van der Waals surface area contributed by atoms with Crippen molar-refractivity contribution in [2.75, 3.05) is 5.73 Å². The Morgan fingerprint density at radius 1 is 1.29 bits per heavy atom. The summed E-state index contributed by atoms with van der Waals surface area (Å²) in [5.74, 6) is -1.15. The third-order valence-electron chi connectivity index (χ3n) is 1.91. The monoisotopic (exact) mass is 189 g/mol. The first-order chi connectivity index (χ1) is 6.70. The first kappa shape index (κ1) is 8.43. The summed E-state index contributed by atoms with van der Waals surface area (Å²) in [6.45, 7) is 0. The molecule has 1 aromatic heterocycles. The zero-order valence-corrected chi connectivity index (χ0v) is 7.14. The van der Waals surface area contributed by atoms with E-state index in [9.17, 15) is 4.79 Å². The standard InChI is InChI=1S/C9H7N3O2/c10-8-7(9(13)14)5-3-1-2-4-6(5)11-12-8/h1-4H,(H2,10,12)(H,13,14). The molecule has 0 saturated carbocycles. The van der Waals surface area contributed by atoms with E-state index in [0.717, 1.165) is 0 Å². The lowest BCUT2D eigenvalue weighted by Crippen LogP contribution is -2.06. The highest BCUT2D eigenvalue weighted by molar-refractivity contribution is 6.05. The van der Waals surface area contributed by atoms with E-state index in [-0.39, 0.29) is 11.4 Å². The van der Waals surface area contributed by atoms with Gasteiger partial charge in [-0.2, -0.15) is 0 Å². The van der Waals surface area contributed by atoms with Crippen molar-refractivity contribution in [1.82, 2.24) is 10.2 Å². The summed E-state index contributed by atoms with van der Waals surface area (Å²) >= 11 is 0. The summed E-state index contributed by atoms with van der Waals surface area (Å²) in [5.41, 5.74) is 5.97. The molecule has 0 saturated heterocycles. The number of aromatic nitrogens is 2. The summed E-state index contributed by atoms with van der Waals surface area (Å²) in [4.78, 5) is 10.9. The van der Waals surface area contributed by atoms with E-state index in [1.54, 1.807) is 24.3 Å². The van der Waals surface area contributed by atoms with Crippen molar-refractivity contribution in [2.45, 2.75) is 0 Å². The van der Waals surface area contributed by atoms with Crippen LogP contribution in [0.2, 0.25) is 0 Å². The van der Waals surface area contributed by atoms with Gasteiger partial charge in [-0.05, 0) is 6.07 Å². The van der Waals surface area contributed by atoms with Crippen molar-refractivity contribution < 1.29 is 9.90 Å². The van der Waals surface area contributed by atoms with E-state index in [1.807, 2.05) is 0 Å². The summed E-state index contributed by atoms with van der Waals surface area (Å²) in [6.07, 6.45) is 0. The van der Waals surface area contributed by atoms with E-state index in [0.29, 0.717) is 10.9 Å². The minimum atomic E-state index is -1.09. The predicted molar refractivity (Wildman–Crippen MR) is 50.9 cm³/mol. The fourth-order valence-corrected chi connectivity index (χ4v) is 1.29. The maximum absolute atomic E-state index is 10.9. The van der Waals surface area contributed by atoms with Gasteiger partial charge >= 0.3 is 5.97 Å². The first-order valence-corrected chi connectivity index (χ1v) is 3.94. The number of carboxylic acids is 1. The van der Waals surface area contributed by atoms with Gasteiger partial charge in [0, 0.05) is 5.39 Å². The van der Waals surface area contributed by atoms with Gasteiger partial charge in [-0.15, -0.1) is 10.2 Å². The van der Waals surface area contributed by atoms with Crippen molar-refractivity contribution >= 4 is 22.7 Å².